The fourth-order valence-electron chi connectivity index (χ4n) is 4.63. The van der Waals surface area contributed by atoms with Gasteiger partial charge in [-0.1, -0.05) is 62.4 Å². The third kappa shape index (κ3) is 8.11. The summed E-state index contributed by atoms with van der Waals surface area (Å²) in [5, 5.41) is 18.2. The maximum absolute atomic E-state index is 13.7. The van der Waals surface area contributed by atoms with E-state index in [9.17, 15) is 14.0 Å². The fraction of sp³-hybridized carbons (Fsp3) is 0.250. The van der Waals surface area contributed by atoms with Crippen LogP contribution in [0.15, 0.2) is 73.1 Å². The Morgan fingerprint density at radius 1 is 0.771 bits per heavy atom. The largest absolute Gasteiger partial charge is 0.493 e. The highest BCUT2D eigenvalue weighted by molar-refractivity contribution is 5.56. The number of hydrogen-bond donors (Lipinski definition) is 0. The number of nitrogens with zero attached hydrogens (tertiary/aromatic N) is 9. The van der Waals surface area contributed by atoms with Crippen molar-refractivity contribution in [3.8, 4) is 34.9 Å². The second kappa shape index (κ2) is 16.1. The monoisotopic (exact) mass is 649 g/mol. The van der Waals surface area contributed by atoms with Crippen molar-refractivity contribution in [3.63, 3.8) is 0 Å². The van der Waals surface area contributed by atoms with E-state index in [0.29, 0.717) is 22.8 Å². The third-order valence-corrected chi connectivity index (χ3v) is 7.37. The molecule has 12 heteroatoms. The molecule has 10 nitrogen and oxygen atoms in total. The molecule has 4 heterocycles. The highest BCUT2D eigenvalue weighted by Crippen LogP contribution is 2.24. The van der Waals surface area contributed by atoms with Crippen LogP contribution in [0.4, 0.5) is 8.78 Å². The SMILES string of the molecule is CC.COc1cnc(-c2nn(Cc3ccccc3)c(C)c2C)nc1C.Cc1nc(-c2cc(C#N)n(Cc3ccccc3F)n2)ncc1F. The van der Waals surface area contributed by atoms with Crippen molar-refractivity contribution in [2.75, 3.05) is 7.11 Å². The minimum absolute atomic E-state index is 0.107. The van der Waals surface area contributed by atoms with Crippen molar-refractivity contribution in [2.24, 2.45) is 0 Å². The van der Waals surface area contributed by atoms with Crippen LogP contribution in [0.25, 0.3) is 23.0 Å². The van der Waals surface area contributed by atoms with E-state index in [1.165, 1.54) is 29.3 Å². The molecule has 0 unspecified atom stereocenters. The van der Waals surface area contributed by atoms with Gasteiger partial charge in [-0.05, 0) is 39.3 Å². The van der Waals surface area contributed by atoms with Gasteiger partial charge in [-0.15, -0.1) is 0 Å². The van der Waals surface area contributed by atoms with E-state index in [1.54, 1.807) is 31.5 Å². The second-order valence-corrected chi connectivity index (χ2v) is 10.5. The van der Waals surface area contributed by atoms with Crippen molar-refractivity contribution >= 4 is 0 Å². The Hall–Kier alpha value is -5.83. The number of nitriles is 1. The first kappa shape index (κ1) is 35.0. The molecule has 0 saturated heterocycles. The molecule has 0 N–H and O–H groups in total. The highest BCUT2D eigenvalue weighted by Gasteiger charge is 2.17. The Bertz CT molecular complexity index is 2030. The number of aromatic nitrogens is 8. The van der Waals surface area contributed by atoms with Crippen LogP contribution in [0, 0.1) is 50.7 Å². The van der Waals surface area contributed by atoms with Gasteiger partial charge in [-0.3, -0.25) is 4.68 Å². The van der Waals surface area contributed by atoms with Gasteiger partial charge in [0.25, 0.3) is 0 Å². The van der Waals surface area contributed by atoms with E-state index in [2.05, 4.69) is 51.0 Å². The number of methoxy groups -OCH3 is 1. The zero-order valence-corrected chi connectivity index (χ0v) is 28.0. The van der Waals surface area contributed by atoms with E-state index in [-0.39, 0.29) is 29.6 Å². The summed E-state index contributed by atoms with van der Waals surface area (Å²) in [4.78, 5) is 16.8. The first-order valence-corrected chi connectivity index (χ1v) is 15.3. The summed E-state index contributed by atoms with van der Waals surface area (Å²) >= 11 is 0. The second-order valence-electron chi connectivity index (χ2n) is 10.5. The van der Waals surface area contributed by atoms with Gasteiger partial charge in [0.1, 0.15) is 29.0 Å². The number of aryl methyl sites for hydroxylation is 2. The molecule has 48 heavy (non-hydrogen) atoms. The molecule has 6 aromatic rings. The fourth-order valence-corrected chi connectivity index (χ4v) is 4.63. The molecule has 0 spiro atoms. The van der Waals surface area contributed by atoms with E-state index in [1.807, 2.05) is 49.7 Å². The zero-order valence-electron chi connectivity index (χ0n) is 28.0. The smallest absolute Gasteiger partial charge is 0.180 e. The molecule has 6 rings (SSSR count). The summed E-state index contributed by atoms with van der Waals surface area (Å²) in [5.74, 6) is 0.651. The highest BCUT2D eigenvalue weighted by atomic mass is 19.1. The Kier molecular flexibility index (Phi) is 11.8. The van der Waals surface area contributed by atoms with Gasteiger partial charge in [0.2, 0.25) is 0 Å². The standard InChI is InChI=1S/C18H20N4O.C16H11F2N5.C2H6/c1-12-14(3)22(11-15-8-6-5-7-9-15)21-17(12)18-19-10-16(23-4)13(2)20-18;1-10-14(18)8-20-16(21-10)15-6-12(7-19)23(22-15)9-11-4-2-3-5-13(11)17;1-2/h5-10H,11H2,1-4H3;2-6,8H,9H2,1H3;1-2H3. The van der Waals surface area contributed by atoms with Crippen LogP contribution in [-0.4, -0.2) is 46.6 Å². The third-order valence-electron chi connectivity index (χ3n) is 7.37. The normalized spacial score (nSPS) is 10.3. The molecule has 0 aliphatic heterocycles. The van der Waals surface area contributed by atoms with E-state index in [0.717, 1.165) is 35.4 Å². The van der Waals surface area contributed by atoms with Crippen molar-refractivity contribution in [1.82, 2.24) is 39.5 Å². The molecule has 0 amide bonds. The molecular weight excluding hydrogens is 612 g/mol. The molecular formula is C36H37F2N9O. The Morgan fingerprint density at radius 3 is 2.08 bits per heavy atom. The first-order chi connectivity index (χ1) is 23.2. The maximum Gasteiger partial charge on any atom is 0.180 e. The lowest BCUT2D eigenvalue weighted by Crippen LogP contribution is -2.06. The molecule has 0 fully saturated rings. The van der Waals surface area contributed by atoms with Crippen LogP contribution in [0.2, 0.25) is 0 Å². The predicted molar refractivity (Wildman–Crippen MR) is 179 cm³/mol. The topological polar surface area (TPSA) is 120 Å². The molecule has 4 aromatic heterocycles. The molecule has 0 radical (unpaired) electrons. The maximum atomic E-state index is 13.7. The van der Waals surface area contributed by atoms with E-state index in [4.69, 9.17) is 9.84 Å². The summed E-state index contributed by atoms with van der Waals surface area (Å²) in [6.07, 6.45) is 2.75. The molecule has 0 saturated carbocycles. The van der Waals surface area contributed by atoms with Crippen LogP contribution in [-0.2, 0) is 13.1 Å². The first-order valence-electron chi connectivity index (χ1n) is 15.3. The minimum Gasteiger partial charge on any atom is -0.493 e. The summed E-state index contributed by atoms with van der Waals surface area (Å²) in [6.45, 7) is 12.4. The molecule has 2 aromatic carbocycles. The van der Waals surface area contributed by atoms with Gasteiger partial charge < -0.3 is 4.74 Å². The van der Waals surface area contributed by atoms with Gasteiger partial charge >= 0.3 is 0 Å². The van der Waals surface area contributed by atoms with Crippen molar-refractivity contribution in [3.05, 3.63) is 124 Å². The van der Waals surface area contributed by atoms with Crippen molar-refractivity contribution < 1.29 is 13.5 Å². The van der Waals surface area contributed by atoms with Gasteiger partial charge in [0.05, 0.1) is 44.0 Å². The number of halogens is 2. The summed E-state index contributed by atoms with van der Waals surface area (Å²) < 4.78 is 35.6. The number of benzene rings is 2. The van der Waals surface area contributed by atoms with Crippen LogP contribution in [0.5, 0.6) is 5.75 Å². The lowest BCUT2D eigenvalue weighted by Gasteiger charge is -2.05. The molecule has 0 bridgehead atoms. The van der Waals surface area contributed by atoms with E-state index >= 15 is 0 Å². The lowest BCUT2D eigenvalue weighted by atomic mass is 10.2. The summed E-state index contributed by atoms with van der Waals surface area (Å²) in [5.41, 5.74) is 6.26. The lowest BCUT2D eigenvalue weighted by molar-refractivity contribution is 0.407. The van der Waals surface area contributed by atoms with E-state index < -0.39 is 5.82 Å². The minimum atomic E-state index is -0.514. The molecule has 0 aliphatic rings. The van der Waals surface area contributed by atoms with Crippen molar-refractivity contribution in [2.45, 2.75) is 54.6 Å². The van der Waals surface area contributed by atoms with Gasteiger partial charge in [-0.25, -0.2) is 33.4 Å². The number of hydrogen-bond acceptors (Lipinski definition) is 8. The van der Waals surface area contributed by atoms with Crippen molar-refractivity contribution in [1.29, 1.82) is 5.26 Å². The molecule has 0 aliphatic carbocycles. The number of rotatable bonds is 7. The van der Waals surface area contributed by atoms with Crippen LogP contribution in [0.1, 0.15) is 53.3 Å². The Balaban J connectivity index is 0.000000206. The Labute approximate surface area is 278 Å². The van der Waals surface area contributed by atoms with Gasteiger partial charge in [0.15, 0.2) is 23.2 Å². The summed E-state index contributed by atoms with van der Waals surface area (Å²) in [7, 11) is 1.62. The average Bonchev–Trinajstić information content (AvgIpc) is 3.64. The van der Waals surface area contributed by atoms with Gasteiger partial charge in [-0.2, -0.15) is 15.5 Å². The van der Waals surface area contributed by atoms with Crippen LogP contribution >= 0.6 is 0 Å². The molecule has 246 valence electrons. The molecule has 0 atom stereocenters. The average molecular weight is 650 g/mol. The predicted octanol–water partition coefficient (Wildman–Crippen LogP) is 7.20. The van der Waals surface area contributed by atoms with Gasteiger partial charge in [0, 0.05) is 22.9 Å². The van der Waals surface area contributed by atoms with Crippen LogP contribution < -0.4 is 4.74 Å². The quantitative estimate of drug-likeness (QED) is 0.178. The zero-order chi connectivity index (χ0) is 34.8. The summed E-state index contributed by atoms with van der Waals surface area (Å²) in [6, 6.07) is 20.1. The number of ether oxygens (including phenoxy) is 1. The van der Waals surface area contributed by atoms with Crippen LogP contribution in [0.3, 0.4) is 0 Å². The Morgan fingerprint density at radius 2 is 1.44 bits per heavy atom.